The second-order valence-corrected chi connectivity index (χ2v) is 5.32. The number of pyridine rings is 2. The molecule has 0 aliphatic heterocycles. The van der Waals surface area contributed by atoms with Gasteiger partial charge in [0, 0.05) is 46.0 Å². The molecule has 24 heavy (non-hydrogen) atoms. The Bertz CT molecular complexity index is 1480. The fraction of sp³-hybridized carbons (Fsp3) is 0.238. The number of fused-ring (bicyclic) bond motifs is 3. The third kappa shape index (κ3) is 2.28. The Labute approximate surface area is 159 Å². The van der Waals surface area contributed by atoms with Crippen LogP contribution in [0.2, 0.25) is 0 Å². The van der Waals surface area contributed by atoms with Gasteiger partial charge in [-0.05, 0) is 55.0 Å². The van der Waals surface area contributed by atoms with E-state index in [0.29, 0.717) is 16.3 Å². The summed E-state index contributed by atoms with van der Waals surface area (Å²) in [4.78, 5) is 8.26. The summed E-state index contributed by atoms with van der Waals surface area (Å²) >= 11 is 0. The molecule has 3 nitrogen and oxygen atoms in total. The zero-order valence-corrected chi connectivity index (χ0v) is 12.3. The molecule has 0 unspecified atom stereocenters. The van der Waals surface area contributed by atoms with Crippen LogP contribution in [0.5, 0.6) is 0 Å². The number of nitrogens with zero attached hydrogens (tertiary/aromatic N) is 2. The molecule has 0 radical (unpaired) electrons. The van der Waals surface area contributed by atoms with Crippen molar-refractivity contribution in [2.24, 2.45) is 0 Å². The van der Waals surface area contributed by atoms with Gasteiger partial charge in [-0.1, -0.05) is 25.8 Å². The summed E-state index contributed by atoms with van der Waals surface area (Å²) in [5.74, 6) is -3.02. The molecule has 0 fully saturated rings. The van der Waals surface area contributed by atoms with Crippen LogP contribution < -0.4 is 0 Å². The fourth-order valence-electron chi connectivity index (χ4n) is 2.62. The third-order valence-corrected chi connectivity index (χ3v) is 3.80. The number of rotatable bonds is 2. The van der Waals surface area contributed by atoms with Gasteiger partial charge in [0.05, 0.1) is 5.69 Å². The lowest BCUT2D eigenvalue weighted by molar-refractivity contribution is 0.648. The summed E-state index contributed by atoms with van der Waals surface area (Å²) < 4.78 is 107. The summed E-state index contributed by atoms with van der Waals surface area (Å²) in [6.45, 7) is -11.9. The maximum atomic E-state index is 8.37. The quantitative estimate of drug-likeness (QED) is 0.467. The predicted octanol–water partition coefficient (Wildman–Crippen LogP) is 5.78. The molecule has 0 aliphatic carbocycles. The van der Waals surface area contributed by atoms with E-state index in [1.807, 2.05) is 0 Å². The van der Waals surface area contributed by atoms with Crippen LogP contribution in [-0.2, 0) is 0 Å². The average molecular weight is 329 g/mol. The smallest absolute Gasteiger partial charge is 0.227 e. The highest BCUT2D eigenvalue weighted by Gasteiger charge is 2.15. The highest BCUT2D eigenvalue weighted by atomic mass is 16.3. The van der Waals surface area contributed by atoms with Crippen molar-refractivity contribution in [2.75, 3.05) is 0 Å². The van der Waals surface area contributed by atoms with E-state index in [0.717, 1.165) is 18.3 Å². The minimum Gasteiger partial charge on any atom is -0.437 e. The first kappa shape index (κ1) is 6.32. The van der Waals surface area contributed by atoms with Gasteiger partial charge in [0.15, 0.2) is 0 Å². The van der Waals surface area contributed by atoms with Crippen LogP contribution in [0.25, 0.3) is 33.3 Å². The molecule has 0 atom stereocenters. The Morgan fingerprint density at radius 2 is 2.00 bits per heavy atom. The molecule has 0 amide bonds. The second kappa shape index (κ2) is 5.45. The Balaban J connectivity index is 1.96. The summed E-state index contributed by atoms with van der Waals surface area (Å²) in [5, 5.41) is 0.885. The van der Waals surface area contributed by atoms with E-state index in [1.54, 1.807) is 18.2 Å². The van der Waals surface area contributed by atoms with Gasteiger partial charge in [0.2, 0.25) is 5.71 Å². The van der Waals surface area contributed by atoms with Gasteiger partial charge >= 0.3 is 0 Å². The summed E-state index contributed by atoms with van der Waals surface area (Å²) in [7, 11) is 0. The standard InChI is InChI=1S/C21H20N2O/c1-12(2)18-9-8-16-15-6-5-7-17(20(15)24-21(16)23-18)19-10-13(3)14(4)11-22-19/h5-12H,1-4H3/i1D3,2D3,3D3,4D3,12D. The van der Waals surface area contributed by atoms with Crippen molar-refractivity contribution in [3.05, 3.63) is 59.4 Å². The largest absolute Gasteiger partial charge is 0.437 e. The number of hydrogen-bond acceptors (Lipinski definition) is 3. The lowest BCUT2D eigenvalue weighted by atomic mass is 10.0. The number of furan rings is 1. The molecule has 0 N–H and O–H groups in total. The highest BCUT2D eigenvalue weighted by Crippen LogP contribution is 2.35. The number of aryl methyl sites for hydroxylation is 2. The van der Waals surface area contributed by atoms with Crippen molar-refractivity contribution in [3.63, 3.8) is 0 Å². The van der Waals surface area contributed by atoms with Gasteiger partial charge in [-0.15, -0.1) is 0 Å². The van der Waals surface area contributed by atoms with Crippen LogP contribution >= 0.6 is 0 Å². The van der Waals surface area contributed by atoms with E-state index in [4.69, 9.17) is 22.2 Å². The van der Waals surface area contributed by atoms with Crippen LogP contribution in [0.15, 0.2) is 47.0 Å². The van der Waals surface area contributed by atoms with E-state index in [1.165, 1.54) is 6.07 Å². The van der Waals surface area contributed by atoms with Crippen molar-refractivity contribution in [1.82, 2.24) is 9.97 Å². The maximum Gasteiger partial charge on any atom is 0.227 e. The lowest BCUT2D eigenvalue weighted by Gasteiger charge is -2.05. The maximum absolute atomic E-state index is 8.37. The van der Waals surface area contributed by atoms with Crippen molar-refractivity contribution in [2.45, 2.75) is 33.3 Å². The monoisotopic (exact) mass is 329 g/mol. The number of para-hydroxylation sites is 1. The van der Waals surface area contributed by atoms with Gasteiger partial charge in [0.25, 0.3) is 0 Å². The van der Waals surface area contributed by atoms with Crippen LogP contribution in [0.4, 0.5) is 0 Å². The van der Waals surface area contributed by atoms with Gasteiger partial charge in [-0.2, -0.15) is 0 Å². The first-order valence-corrected chi connectivity index (χ1v) is 7.11. The average Bonchev–Trinajstić information content (AvgIpc) is 3.13. The number of benzene rings is 1. The summed E-state index contributed by atoms with van der Waals surface area (Å²) in [6.07, 6.45) is 0.989. The van der Waals surface area contributed by atoms with Crippen molar-refractivity contribution >= 4 is 22.1 Å². The molecule has 4 aromatic rings. The Hall–Kier alpha value is -2.68. The molecule has 0 saturated heterocycles. The Morgan fingerprint density at radius 3 is 2.83 bits per heavy atom. The molecule has 120 valence electrons. The minimum atomic E-state index is -3.23. The van der Waals surface area contributed by atoms with Crippen molar-refractivity contribution in [3.8, 4) is 11.3 Å². The molecule has 3 aromatic heterocycles. The van der Waals surface area contributed by atoms with Crippen molar-refractivity contribution in [1.29, 1.82) is 0 Å². The van der Waals surface area contributed by atoms with Crippen LogP contribution in [0, 0.1) is 13.7 Å². The second-order valence-electron chi connectivity index (χ2n) is 5.32. The molecule has 3 heterocycles. The van der Waals surface area contributed by atoms with Gasteiger partial charge < -0.3 is 4.42 Å². The summed E-state index contributed by atoms with van der Waals surface area (Å²) in [6, 6.07) is 8.60. The Kier molecular flexibility index (Phi) is 1.43. The summed E-state index contributed by atoms with van der Waals surface area (Å²) in [5.41, 5.74) is -0.829. The third-order valence-electron chi connectivity index (χ3n) is 3.80. The normalized spacial score (nSPS) is 22.2. The SMILES string of the molecule is [2H]C([2H])([2H])c1cnc(-c2cccc3c2oc2nc(C([2H])(C([2H])([2H])[2H])C([2H])([2H])[2H])ccc23)cc1C([2H])([2H])[2H]. The molecule has 0 spiro atoms. The van der Waals surface area contributed by atoms with Crippen LogP contribution in [0.3, 0.4) is 0 Å². The zero-order valence-electron chi connectivity index (χ0n) is 25.3. The first-order chi connectivity index (χ1) is 16.8. The number of hydrogen-bond donors (Lipinski definition) is 0. The fourth-order valence-corrected chi connectivity index (χ4v) is 2.62. The van der Waals surface area contributed by atoms with E-state index >= 15 is 0 Å². The molecular formula is C21H20N2O. The topological polar surface area (TPSA) is 38.9 Å². The molecule has 3 heteroatoms. The van der Waals surface area contributed by atoms with Gasteiger partial charge in [-0.25, -0.2) is 4.98 Å². The zero-order chi connectivity index (χ0) is 27.8. The molecule has 1 aromatic carbocycles. The Morgan fingerprint density at radius 1 is 1.08 bits per heavy atom. The van der Waals surface area contributed by atoms with Crippen LogP contribution in [-0.4, -0.2) is 9.97 Å². The van der Waals surface area contributed by atoms with E-state index in [2.05, 4.69) is 9.97 Å². The number of aromatic nitrogens is 2. The van der Waals surface area contributed by atoms with E-state index in [-0.39, 0.29) is 22.6 Å². The first-order valence-electron chi connectivity index (χ1n) is 13.6. The molecule has 0 bridgehead atoms. The van der Waals surface area contributed by atoms with E-state index < -0.39 is 44.6 Å². The van der Waals surface area contributed by atoms with Crippen molar-refractivity contribution < 1.29 is 22.2 Å². The van der Waals surface area contributed by atoms with Crippen LogP contribution in [0.1, 0.15) is 54.2 Å². The van der Waals surface area contributed by atoms with Gasteiger partial charge in [0.1, 0.15) is 5.58 Å². The predicted molar refractivity (Wildman–Crippen MR) is 98.3 cm³/mol. The molecule has 0 aliphatic rings. The minimum absolute atomic E-state index is 0.115. The highest BCUT2D eigenvalue weighted by molar-refractivity contribution is 6.08. The molecular weight excluding hydrogens is 296 g/mol. The van der Waals surface area contributed by atoms with Gasteiger partial charge in [-0.3, -0.25) is 4.98 Å². The molecule has 0 saturated carbocycles. The van der Waals surface area contributed by atoms with E-state index in [9.17, 15) is 0 Å². The molecule has 4 rings (SSSR count). The lowest BCUT2D eigenvalue weighted by Crippen LogP contribution is -1.90.